The SMILES string of the molecule is CCC(C)(C)CC(O)Cn1c(=O)n(C)c(=O)n(CC(O)CC(C)(C)CC)c1=O. The van der Waals surface area contributed by atoms with Gasteiger partial charge in [0.05, 0.1) is 25.3 Å². The molecule has 1 rings (SSSR count). The van der Waals surface area contributed by atoms with E-state index in [4.69, 9.17) is 0 Å². The number of aromatic nitrogens is 3. The van der Waals surface area contributed by atoms with Crippen molar-refractivity contribution in [1.29, 1.82) is 0 Å². The zero-order valence-corrected chi connectivity index (χ0v) is 18.4. The molecule has 8 heteroatoms. The van der Waals surface area contributed by atoms with Gasteiger partial charge in [-0.1, -0.05) is 54.4 Å². The maximum atomic E-state index is 12.8. The van der Waals surface area contributed by atoms with E-state index in [1.165, 1.54) is 7.05 Å². The van der Waals surface area contributed by atoms with E-state index in [9.17, 15) is 24.6 Å². The first-order valence-corrected chi connectivity index (χ1v) is 10.0. The first kappa shape index (κ1) is 24.4. The Labute approximate surface area is 166 Å². The molecule has 2 atom stereocenters. The van der Waals surface area contributed by atoms with Crippen molar-refractivity contribution in [3.8, 4) is 0 Å². The molecule has 0 fully saturated rings. The van der Waals surface area contributed by atoms with Gasteiger partial charge in [-0.3, -0.25) is 0 Å². The van der Waals surface area contributed by atoms with Crippen LogP contribution in [-0.4, -0.2) is 36.1 Å². The predicted molar refractivity (Wildman–Crippen MR) is 110 cm³/mol. The number of hydrogen-bond acceptors (Lipinski definition) is 5. The average molecular weight is 400 g/mol. The van der Waals surface area contributed by atoms with Crippen molar-refractivity contribution in [1.82, 2.24) is 13.7 Å². The van der Waals surface area contributed by atoms with Crippen LogP contribution in [0.15, 0.2) is 14.4 Å². The Morgan fingerprint density at radius 2 is 1.07 bits per heavy atom. The maximum Gasteiger partial charge on any atom is 0.336 e. The van der Waals surface area contributed by atoms with E-state index in [-0.39, 0.29) is 23.9 Å². The smallest absolute Gasteiger partial charge is 0.336 e. The molecule has 2 N–H and O–H groups in total. The van der Waals surface area contributed by atoms with E-state index in [0.29, 0.717) is 12.8 Å². The fraction of sp³-hybridized carbons (Fsp3) is 0.850. The Balaban J connectivity index is 3.23. The summed E-state index contributed by atoms with van der Waals surface area (Å²) in [5.41, 5.74) is -2.59. The van der Waals surface area contributed by atoms with Gasteiger partial charge in [-0.25, -0.2) is 28.1 Å². The summed E-state index contributed by atoms with van der Waals surface area (Å²) in [4.78, 5) is 37.7. The van der Waals surface area contributed by atoms with Crippen LogP contribution in [-0.2, 0) is 20.1 Å². The van der Waals surface area contributed by atoms with Gasteiger partial charge in [-0.05, 0) is 23.7 Å². The van der Waals surface area contributed by atoms with E-state index in [1.807, 2.05) is 41.5 Å². The minimum absolute atomic E-state index is 0.134. The van der Waals surface area contributed by atoms with Gasteiger partial charge < -0.3 is 10.2 Å². The van der Waals surface area contributed by atoms with Crippen LogP contribution in [0.25, 0.3) is 0 Å². The minimum Gasteiger partial charge on any atom is -0.391 e. The van der Waals surface area contributed by atoms with E-state index in [0.717, 1.165) is 26.5 Å². The predicted octanol–water partition coefficient (Wildman–Crippen LogP) is 1.08. The molecule has 1 aromatic heterocycles. The standard InChI is InChI=1S/C20H37N3O5/c1-8-19(3,4)10-14(24)12-22-16(26)21(7)17(27)23(18(22)28)13-15(25)11-20(5,6)9-2/h14-15,24-25H,8-13H2,1-7H3. The van der Waals surface area contributed by atoms with Gasteiger partial charge in [0.1, 0.15) is 0 Å². The van der Waals surface area contributed by atoms with Crippen LogP contribution in [0.1, 0.15) is 67.2 Å². The van der Waals surface area contributed by atoms with E-state index >= 15 is 0 Å². The molecular formula is C20H37N3O5. The average Bonchev–Trinajstić information content (AvgIpc) is 2.60. The molecule has 0 saturated carbocycles. The van der Waals surface area contributed by atoms with E-state index in [2.05, 4.69) is 0 Å². The molecule has 0 aliphatic carbocycles. The third kappa shape index (κ3) is 6.17. The fourth-order valence-electron chi connectivity index (χ4n) is 3.18. The van der Waals surface area contributed by atoms with E-state index < -0.39 is 29.3 Å². The first-order chi connectivity index (χ1) is 12.7. The monoisotopic (exact) mass is 399 g/mol. The van der Waals surface area contributed by atoms with Crippen LogP contribution in [0.5, 0.6) is 0 Å². The van der Waals surface area contributed by atoms with Gasteiger partial charge in [0.2, 0.25) is 0 Å². The van der Waals surface area contributed by atoms with Gasteiger partial charge in [-0.15, -0.1) is 0 Å². The van der Waals surface area contributed by atoms with Crippen LogP contribution in [0.2, 0.25) is 0 Å². The summed E-state index contributed by atoms with van der Waals surface area (Å²) in [6, 6.07) is 0. The molecule has 8 nitrogen and oxygen atoms in total. The molecule has 0 saturated heterocycles. The second-order valence-electron chi connectivity index (χ2n) is 9.38. The molecule has 28 heavy (non-hydrogen) atoms. The van der Waals surface area contributed by atoms with Crippen molar-refractivity contribution >= 4 is 0 Å². The van der Waals surface area contributed by atoms with Crippen LogP contribution < -0.4 is 17.1 Å². The zero-order chi connectivity index (χ0) is 21.9. The number of nitrogens with zero attached hydrogens (tertiary/aromatic N) is 3. The molecule has 0 aliphatic heterocycles. The lowest BCUT2D eigenvalue weighted by molar-refractivity contribution is 0.0854. The van der Waals surface area contributed by atoms with Crippen molar-refractivity contribution in [2.24, 2.45) is 17.9 Å². The molecule has 1 aromatic rings. The highest BCUT2D eigenvalue weighted by molar-refractivity contribution is 4.82. The normalized spacial score (nSPS) is 14.9. The van der Waals surface area contributed by atoms with Crippen molar-refractivity contribution in [2.45, 2.75) is 92.5 Å². The summed E-state index contributed by atoms with van der Waals surface area (Å²) in [5, 5.41) is 20.8. The van der Waals surface area contributed by atoms with Crippen LogP contribution in [0.3, 0.4) is 0 Å². The topological polar surface area (TPSA) is 106 Å². The zero-order valence-electron chi connectivity index (χ0n) is 18.4. The first-order valence-electron chi connectivity index (χ1n) is 10.0. The van der Waals surface area contributed by atoms with Gasteiger partial charge in [-0.2, -0.15) is 0 Å². The van der Waals surface area contributed by atoms with Crippen LogP contribution in [0.4, 0.5) is 0 Å². The Morgan fingerprint density at radius 1 is 0.750 bits per heavy atom. The lowest BCUT2D eigenvalue weighted by atomic mass is 9.84. The summed E-state index contributed by atoms with van der Waals surface area (Å²) in [6.07, 6.45) is 0.744. The van der Waals surface area contributed by atoms with Gasteiger partial charge in [0.25, 0.3) is 0 Å². The maximum absolute atomic E-state index is 12.8. The molecule has 162 valence electrons. The van der Waals surface area contributed by atoms with Crippen molar-refractivity contribution in [2.75, 3.05) is 0 Å². The Morgan fingerprint density at radius 3 is 1.36 bits per heavy atom. The minimum atomic E-state index is -0.893. The quantitative estimate of drug-likeness (QED) is 0.612. The van der Waals surface area contributed by atoms with Crippen LogP contribution >= 0.6 is 0 Å². The fourth-order valence-corrected chi connectivity index (χ4v) is 3.18. The van der Waals surface area contributed by atoms with Crippen molar-refractivity contribution in [3.05, 3.63) is 31.5 Å². The molecule has 0 amide bonds. The third-order valence-electron chi connectivity index (χ3n) is 5.77. The largest absolute Gasteiger partial charge is 0.391 e. The highest BCUT2D eigenvalue weighted by atomic mass is 16.3. The Kier molecular flexibility index (Phi) is 8.02. The molecule has 0 spiro atoms. The molecule has 1 heterocycles. The lowest BCUT2D eigenvalue weighted by Crippen LogP contribution is -2.55. The molecule has 0 aromatic carbocycles. The van der Waals surface area contributed by atoms with Gasteiger partial charge >= 0.3 is 17.1 Å². The van der Waals surface area contributed by atoms with Crippen molar-refractivity contribution < 1.29 is 10.2 Å². The second kappa shape index (κ2) is 9.22. The van der Waals surface area contributed by atoms with Gasteiger partial charge in [0, 0.05) is 7.05 Å². The molecule has 0 bridgehead atoms. The number of hydrogen-bond donors (Lipinski definition) is 2. The molecular weight excluding hydrogens is 362 g/mol. The summed E-state index contributed by atoms with van der Waals surface area (Å²) in [5.74, 6) is 0. The highest BCUT2D eigenvalue weighted by Crippen LogP contribution is 2.27. The second-order valence-corrected chi connectivity index (χ2v) is 9.38. The number of aliphatic hydroxyl groups is 2. The van der Waals surface area contributed by atoms with E-state index in [1.54, 1.807) is 0 Å². The summed E-state index contributed by atoms with van der Waals surface area (Å²) in [6.45, 7) is 11.7. The number of rotatable bonds is 10. The molecule has 0 aliphatic rings. The number of aliphatic hydroxyl groups excluding tert-OH is 2. The highest BCUT2D eigenvalue weighted by Gasteiger charge is 2.25. The molecule has 0 radical (unpaired) electrons. The Bertz CT molecular complexity index is 767. The van der Waals surface area contributed by atoms with Crippen molar-refractivity contribution in [3.63, 3.8) is 0 Å². The Hall–Kier alpha value is -1.67. The third-order valence-corrected chi connectivity index (χ3v) is 5.77. The van der Waals surface area contributed by atoms with Gasteiger partial charge in [0.15, 0.2) is 0 Å². The summed E-state index contributed by atoms with van der Waals surface area (Å²) < 4.78 is 2.61. The lowest BCUT2D eigenvalue weighted by Gasteiger charge is -2.27. The summed E-state index contributed by atoms with van der Waals surface area (Å²) in [7, 11) is 1.29. The molecule has 2 unspecified atom stereocenters. The van der Waals surface area contributed by atoms with Crippen LogP contribution in [0, 0.1) is 10.8 Å². The summed E-state index contributed by atoms with van der Waals surface area (Å²) >= 11 is 0.